The third-order valence-electron chi connectivity index (χ3n) is 3.53. The lowest BCUT2D eigenvalue weighted by molar-refractivity contribution is 0.102. The maximum atomic E-state index is 12.5. The van der Waals surface area contributed by atoms with Gasteiger partial charge in [0, 0.05) is 14.7 Å². The number of hydrogen-bond donors (Lipinski definition) is 1. The van der Waals surface area contributed by atoms with E-state index in [9.17, 15) is 4.79 Å². The summed E-state index contributed by atoms with van der Waals surface area (Å²) in [5, 5.41) is 5.01. The third-order valence-corrected chi connectivity index (χ3v) is 7.80. The van der Waals surface area contributed by atoms with Crippen LogP contribution in [0.15, 0.2) is 29.5 Å². The van der Waals surface area contributed by atoms with Crippen LogP contribution in [-0.4, -0.2) is 5.91 Å². The fourth-order valence-electron chi connectivity index (χ4n) is 2.42. The van der Waals surface area contributed by atoms with Crippen LogP contribution in [0.2, 0.25) is 0 Å². The molecule has 2 nitrogen and oxygen atoms in total. The number of aryl methyl sites for hydroxylation is 1. The summed E-state index contributed by atoms with van der Waals surface area (Å²) >= 11 is 10.5. The molecule has 0 fully saturated rings. The quantitative estimate of drug-likeness (QED) is 0.602. The molecule has 1 aromatic carbocycles. The van der Waals surface area contributed by atoms with Gasteiger partial charge in [0.2, 0.25) is 0 Å². The van der Waals surface area contributed by atoms with Crippen molar-refractivity contribution >= 4 is 66.6 Å². The van der Waals surface area contributed by atoms with Gasteiger partial charge in [-0.15, -0.1) is 11.3 Å². The van der Waals surface area contributed by atoms with Crippen molar-refractivity contribution in [2.45, 2.75) is 36.5 Å². The van der Waals surface area contributed by atoms with Crippen molar-refractivity contribution in [2.75, 3.05) is 5.32 Å². The summed E-state index contributed by atoms with van der Waals surface area (Å²) in [5.74, 6) is -0.0240. The molecule has 3 rings (SSSR count). The molecule has 110 valence electrons. The van der Waals surface area contributed by atoms with E-state index in [0.717, 1.165) is 42.1 Å². The predicted molar refractivity (Wildman–Crippen MR) is 97.0 cm³/mol. The molecule has 1 aromatic heterocycles. The predicted octanol–water partition coefficient (Wildman–Crippen LogP) is 6.11. The summed E-state index contributed by atoms with van der Waals surface area (Å²) in [6.45, 7) is 4.27. The smallest absolute Gasteiger partial charge is 0.257 e. The first kappa shape index (κ1) is 15.6. The molecule has 0 atom stereocenters. The molecule has 0 saturated heterocycles. The summed E-state index contributed by atoms with van der Waals surface area (Å²) in [6.07, 6.45) is 1.85. The van der Waals surface area contributed by atoms with Gasteiger partial charge >= 0.3 is 0 Å². The van der Waals surface area contributed by atoms with Crippen molar-refractivity contribution in [1.82, 2.24) is 0 Å². The van der Waals surface area contributed by atoms with Gasteiger partial charge in [-0.2, -0.15) is 0 Å². The van der Waals surface area contributed by atoms with E-state index < -0.39 is 0 Å². The second kappa shape index (κ2) is 6.07. The Labute approximate surface area is 149 Å². The Bertz CT molecular complexity index is 740. The lowest BCUT2D eigenvalue weighted by atomic mass is 10.0. The number of carbonyl (C=O) groups excluding carboxylic acids is 1. The van der Waals surface area contributed by atoms with Gasteiger partial charge in [-0.25, -0.2) is 0 Å². The minimum absolute atomic E-state index is 0.0240. The molecule has 21 heavy (non-hydrogen) atoms. The standard InChI is InChI=1S/C15H13Br2NOS2/c1-3-7-5-10-12(8(4-2)11(7)16)18-15(19)9-6-20-14(17)13(9)21-10/h5-6H,3-4H2,1-2H3,(H,18,19). The largest absolute Gasteiger partial charge is 0.321 e. The first-order chi connectivity index (χ1) is 10.1. The molecule has 1 amide bonds. The van der Waals surface area contributed by atoms with Crippen LogP contribution in [0.3, 0.4) is 0 Å². The Morgan fingerprint density at radius 2 is 2.00 bits per heavy atom. The van der Waals surface area contributed by atoms with Crippen molar-refractivity contribution in [3.63, 3.8) is 0 Å². The summed E-state index contributed by atoms with van der Waals surface area (Å²) in [5.41, 5.74) is 4.16. The van der Waals surface area contributed by atoms with Gasteiger partial charge in [0.05, 0.1) is 19.9 Å². The van der Waals surface area contributed by atoms with Gasteiger partial charge in [-0.3, -0.25) is 4.79 Å². The topological polar surface area (TPSA) is 29.1 Å². The van der Waals surface area contributed by atoms with E-state index in [0.29, 0.717) is 0 Å². The molecule has 6 heteroatoms. The van der Waals surface area contributed by atoms with Crippen LogP contribution < -0.4 is 5.32 Å². The molecule has 0 radical (unpaired) electrons. The summed E-state index contributed by atoms with van der Waals surface area (Å²) < 4.78 is 2.14. The van der Waals surface area contributed by atoms with E-state index in [1.807, 2.05) is 5.38 Å². The van der Waals surface area contributed by atoms with Gasteiger partial charge in [-0.05, 0) is 46.0 Å². The first-order valence-electron chi connectivity index (χ1n) is 6.67. The Kier molecular flexibility index (Phi) is 4.50. The number of halogens is 2. The van der Waals surface area contributed by atoms with E-state index >= 15 is 0 Å². The summed E-state index contributed by atoms with van der Waals surface area (Å²) in [6, 6.07) is 2.18. The number of carbonyl (C=O) groups is 1. The van der Waals surface area contributed by atoms with Gasteiger partial charge in [0.1, 0.15) is 0 Å². The highest BCUT2D eigenvalue weighted by Crippen LogP contribution is 2.48. The number of benzene rings is 1. The van der Waals surface area contributed by atoms with Crippen molar-refractivity contribution in [3.8, 4) is 0 Å². The molecule has 0 bridgehead atoms. The molecule has 0 spiro atoms. The van der Waals surface area contributed by atoms with Crippen molar-refractivity contribution in [1.29, 1.82) is 0 Å². The number of amides is 1. The maximum Gasteiger partial charge on any atom is 0.257 e. The maximum absolute atomic E-state index is 12.5. The molecule has 0 aliphatic carbocycles. The lowest BCUT2D eigenvalue weighted by Crippen LogP contribution is -2.12. The monoisotopic (exact) mass is 445 g/mol. The van der Waals surface area contributed by atoms with Crippen LogP contribution in [-0.2, 0) is 12.8 Å². The van der Waals surface area contributed by atoms with Crippen LogP contribution in [0.1, 0.15) is 35.3 Å². The lowest BCUT2D eigenvalue weighted by Gasteiger charge is -2.16. The third kappa shape index (κ3) is 2.60. The van der Waals surface area contributed by atoms with Crippen LogP contribution >= 0.6 is 55.0 Å². The molecule has 2 aromatic rings. The van der Waals surface area contributed by atoms with E-state index in [4.69, 9.17) is 0 Å². The molecule has 2 heterocycles. The minimum atomic E-state index is -0.0240. The normalized spacial score (nSPS) is 13.4. The summed E-state index contributed by atoms with van der Waals surface area (Å²) in [7, 11) is 0. The van der Waals surface area contributed by atoms with Crippen molar-refractivity contribution in [3.05, 3.63) is 36.4 Å². The molecule has 0 unspecified atom stereocenters. The van der Waals surface area contributed by atoms with Crippen molar-refractivity contribution < 1.29 is 4.79 Å². The molecular weight excluding hydrogens is 434 g/mol. The van der Waals surface area contributed by atoms with Gasteiger partial charge in [-0.1, -0.05) is 41.5 Å². The second-order valence-electron chi connectivity index (χ2n) is 4.72. The Morgan fingerprint density at radius 1 is 1.24 bits per heavy atom. The Balaban J connectivity index is 2.24. The number of anilines is 1. The summed E-state index contributed by atoms with van der Waals surface area (Å²) in [4.78, 5) is 14.6. The number of hydrogen-bond acceptors (Lipinski definition) is 3. The highest BCUT2D eigenvalue weighted by atomic mass is 79.9. The van der Waals surface area contributed by atoms with Gasteiger partial charge in [0.25, 0.3) is 5.91 Å². The fraction of sp³-hybridized carbons (Fsp3) is 0.267. The highest BCUT2D eigenvalue weighted by Gasteiger charge is 2.26. The number of rotatable bonds is 2. The van der Waals surface area contributed by atoms with Gasteiger partial charge < -0.3 is 5.32 Å². The molecule has 1 aliphatic rings. The minimum Gasteiger partial charge on any atom is -0.321 e. The number of thiophene rings is 1. The van der Waals surface area contributed by atoms with Crippen molar-refractivity contribution in [2.24, 2.45) is 0 Å². The second-order valence-corrected chi connectivity index (χ2v) is 8.76. The van der Waals surface area contributed by atoms with Crippen LogP contribution in [0.25, 0.3) is 0 Å². The number of fused-ring (bicyclic) bond motifs is 2. The Morgan fingerprint density at radius 3 is 2.67 bits per heavy atom. The van der Waals surface area contributed by atoms with E-state index in [2.05, 4.69) is 57.1 Å². The van der Waals surface area contributed by atoms with Crippen LogP contribution in [0.4, 0.5) is 5.69 Å². The zero-order valence-electron chi connectivity index (χ0n) is 11.5. The van der Waals surface area contributed by atoms with E-state index in [1.54, 1.807) is 23.1 Å². The fourth-order valence-corrected chi connectivity index (χ4v) is 6.08. The van der Waals surface area contributed by atoms with Crippen LogP contribution in [0.5, 0.6) is 0 Å². The van der Waals surface area contributed by atoms with Gasteiger partial charge in [0.15, 0.2) is 0 Å². The average molecular weight is 447 g/mol. The van der Waals surface area contributed by atoms with E-state index in [1.165, 1.54) is 11.1 Å². The molecule has 1 N–H and O–H groups in total. The molecular formula is C15H13Br2NOS2. The average Bonchev–Trinajstić information content (AvgIpc) is 2.76. The first-order valence-corrected chi connectivity index (χ1v) is 9.95. The SMILES string of the molecule is CCc1cc2c(c(CC)c1Br)NC(=O)c1csc(Br)c1S2. The van der Waals surface area contributed by atoms with E-state index in [-0.39, 0.29) is 5.91 Å². The Hall–Kier alpha value is -0.300. The zero-order chi connectivity index (χ0) is 15.1. The number of nitrogens with one attached hydrogen (secondary N) is 1. The van der Waals surface area contributed by atoms with Crippen LogP contribution in [0, 0.1) is 0 Å². The molecule has 1 aliphatic heterocycles. The zero-order valence-corrected chi connectivity index (χ0v) is 16.4. The highest BCUT2D eigenvalue weighted by molar-refractivity contribution is 9.11. The molecule has 0 saturated carbocycles.